The third kappa shape index (κ3) is 1.89. The number of carbonyl (C=O) groups is 1. The molecule has 2 bridgehead atoms. The van der Waals surface area contributed by atoms with Crippen LogP contribution in [0.25, 0.3) is 0 Å². The molecule has 2 aliphatic heterocycles. The van der Waals surface area contributed by atoms with Gasteiger partial charge in [0.05, 0.1) is 18.8 Å². The van der Waals surface area contributed by atoms with E-state index in [4.69, 9.17) is 9.47 Å². The summed E-state index contributed by atoms with van der Waals surface area (Å²) in [6.45, 7) is 1.90. The summed E-state index contributed by atoms with van der Waals surface area (Å²) in [5.41, 5.74) is 2.29. The van der Waals surface area contributed by atoms with Gasteiger partial charge in [0.1, 0.15) is 6.10 Å². The van der Waals surface area contributed by atoms with Crippen molar-refractivity contribution in [3.8, 4) is 0 Å². The average Bonchev–Trinajstić information content (AvgIpc) is 2.32. The predicted octanol–water partition coefficient (Wildman–Crippen LogP) is 1.87. The molecule has 0 spiro atoms. The summed E-state index contributed by atoms with van der Waals surface area (Å²) in [6.07, 6.45) is 0.802. The molecule has 1 aromatic rings. The van der Waals surface area contributed by atoms with Gasteiger partial charge in [-0.25, -0.2) is 0 Å². The Labute approximate surface area is 99.9 Å². The van der Waals surface area contributed by atoms with Crippen LogP contribution in [-0.4, -0.2) is 24.7 Å². The number of hydrogen-bond donors (Lipinski definition) is 1. The number of rotatable bonds is 1. The van der Waals surface area contributed by atoms with Crippen LogP contribution in [0.5, 0.6) is 0 Å². The van der Waals surface area contributed by atoms with E-state index in [1.165, 1.54) is 12.5 Å². The lowest BCUT2D eigenvalue weighted by atomic mass is 9.90. The van der Waals surface area contributed by atoms with Crippen LogP contribution in [0.4, 0.5) is 5.69 Å². The van der Waals surface area contributed by atoms with Crippen molar-refractivity contribution in [1.29, 1.82) is 0 Å². The molecule has 2 aliphatic rings. The second kappa shape index (κ2) is 4.04. The molecular formula is C13H15NO3. The number of anilines is 1. The number of ether oxygens (including phenoxy) is 2. The van der Waals surface area contributed by atoms with Crippen LogP contribution >= 0.6 is 0 Å². The van der Waals surface area contributed by atoms with E-state index in [0.717, 1.165) is 12.1 Å². The minimum absolute atomic E-state index is 0.129. The minimum atomic E-state index is -0.252. The van der Waals surface area contributed by atoms with Crippen molar-refractivity contribution in [2.24, 2.45) is 0 Å². The summed E-state index contributed by atoms with van der Waals surface area (Å²) in [6, 6.07) is 8.28. The van der Waals surface area contributed by atoms with E-state index in [2.05, 4.69) is 11.4 Å². The Morgan fingerprint density at radius 2 is 2.29 bits per heavy atom. The first kappa shape index (κ1) is 10.6. The Bertz CT molecular complexity index is 446. The number of para-hydroxylation sites is 1. The van der Waals surface area contributed by atoms with Crippen LogP contribution in [0, 0.1) is 0 Å². The number of carbonyl (C=O) groups excluding carboxylic acids is 1. The van der Waals surface area contributed by atoms with Gasteiger partial charge in [-0.05, 0) is 6.07 Å². The van der Waals surface area contributed by atoms with Gasteiger partial charge >= 0.3 is 5.97 Å². The zero-order chi connectivity index (χ0) is 11.8. The SMILES string of the molecule is CC(=O)O[C@@H]1CO[C@H]2C[C@@H]1Nc1ccccc12. The van der Waals surface area contributed by atoms with Gasteiger partial charge in [-0.15, -0.1) is 0 Å². The van der Waals surface area contributed by atoms with Gasteiger partial charge in [-0.1, -0.05) is 18.2 Å². The fourth-order valence-corrected chi connectivity index (χ4v) is 2.58. The van der Waals surface area contributed by atoms with Crippen molar-refractivity contribution in [1.82, 2.24) is 0 Å². The molecule has 1 fully saturated rings. The molecule has 1 saturated heterocycles. The molecule has 4 heteroatoms. The highest BCUT2D eigenvalue weighted by molar-refractivity contribution is 5.66. The zero-order valence-electron chi connectivity index (χ0n) is 9.68. The van der Waals surface area contributed by atoms with Crippen LogP contribution in [0.3, 0.4) is 0 Å². The van der Waals surface area contributed by atoms with Crippen molar-refractivity contribution < 1.29 is 14.3 Å². The molecular weight excluding hydrogens is 218 g/mol. The molecule has 0 radical (unpaired) electrons. The van der Waals surface area contributed by atoms with E-state index >= 15 is 0 Å². The third-order valence-electron chi connectivity index (χ3n) is 3.34. The van der Waals surface area contributed by atoms with Crippen LogP contribution in [-0.2, 0) is 14.3 Å². The van der Waals surface area contributed by atoms with Gasteiger partial charge in [-0.2, -0.15) is 0 Å². The second-order valence-corrected chi connectivity index (χ2v) is 4.54. The Morgan fingerprint density at radius 3 is 3.12 bits per heavy atom. The van der Waals surface area contributed by atoms with E-state index in [1.54, 1.807) is 0 Å². The summed E-state index contributed by atoms with van der Waals surface area (Å²) in [5, 5.41) is 3.43. The Balaban J connectivity index is 1.85. The van der Waals surface area contributed by atoms with Gasteiger partial charge in [-0.3, -0.25) is 4.79 Å². The fourth-order valence-electron chi connectivity index (χ4n) is 2.58. The smallest absolute Gasteiger partial charge is 0.303 e. The summed E-state index contributed by atoms with van der Waals surface area (Å²) in [4.78, 5) is 11.0. The van der Waals surface area contributed by atoms with Crippen LogP contribution in [0.15, 0.2) is 24.3 Å². The Hall–Kier alpha value is -1.55. The van der Waals surface area contributed by atoms with Gasteiger partial charge in [0.15, 0.2) is 0 Å². The fraction of sp³-hybridized carbons (Fsp3) is 0.462. The van der Waals surface area contributed by atoms with Crippen molar-refractivity contribution in [3.05, 3.63) is 29.8 Å². The quantitative estimate of drug-likeness (QED) is 0.752. The average molecular weight is 233 g/mol. The van der Waals surface area contributed by atoms with E-state index in [0.29, 0.717) is 6.61 Å². The highest BCUT2D eigenvalue weighted by Gasteiger charge is 2.38. The molecule has 17 heavy (non-hydrogen) atoms. The Kier molecular flexibility index (Phi) is 2.52. The number of fused-ring (bicyclic) bond motifs is 4. The van der Waals surface area contributed by atoms with Crippen molar-refractivity contribution in [2.45, 2.75) is 31.6 Å². The molecule has 0 saturated carbocycles. The Morgan fingerprint density at radius 1 is 1.47 bits per heavy atom. The molecule has 0 aromatic heterocycles. The molecule has 90 valence electrons. The summed E-state index contributed by atoms with van der Waals surface area (Å²) >= 11 is 0. The van der Waals surface area contributed by atoms with Crippen molar-refractivity contribution in [3.63, 3.8) is 0 Å². The number of esters is 1. The standard InChI is InChI=1S/C13H15NO3/c1-8(15)17-13-7-16-12-6-11(13)14-10-5-3-2-4-9(10)12/h2-5,11-14H,6-7H2,1H3/t11-,12-,13+/m0/s1. The monoisotopic (exact) mass is 233 g/mol. The third-order valence-corrected chi connectivity index (χ3v) is 3.34. The van der Waals surface area contributed by atoms with Gasteiger partial charge in [0.25, 0.3) is 0 Å². The maximum absolute atomic E-state index is 11.0. The first-order valence-electron chi connectivity index (χ1n) is 5.88. The van der Waals surface area contributed by atoms with Crippen LogP contribution < -0.4 is 5.32 Å². The summed E-state index contributed by atoms with van der Waals surface area (Å²) < 4.78 is 11.0. The summed E-state index contributed by atoms with van der Waals surface area (Å²) in [5.74, 6) is -0.252. The molecule has 1 aromatic carbocycles. The van der Waals surface area contributed by atoms with Gasteiger partial charge in [0.2, 0.25) is 0 Å². The lowest BCUT2D eigenvalue weighted by Crippen LogP contribution is -2.48. The minimum Gasteiger partial charge on any atom is -0.458 e. The van der Waals surface area contributed by atoms with E-state index in [1.807, 2.05) is 18.2 Å². The first-order valence-corrected chi connectivity index (χ1v) is 5.88. The van der Waals surface area contributed by atoms with Crippen LogP contribution in [0.2, 0.25) is 0 Å². The van der Waals surface area contributed by atoms with Crippen molar-refractivity contribution >= 4 is 11.7 Å². The van der Waals surface area contributed by atoms with Gasteiger partial charge in [0, 0.05) is 24.6 Å². The molecule has 0 amide bonds. The number of benzene rings is 1. The molecule has 0 unspecified atom stereocenters. The molecule has 2 heterocycles. The number of nitrogens with one attached hydrogen (secondary N) is 1. The first-order chi connectivity index (χ1) is 8.24. The topological polar surface area (TPSA) is 47.6 Å². The lowest BCUT2D eigenvalue weighted by molar-refractivity contribution is -0.158. The second-order valence-electron chi connectivity index (χ2n) is 4.54. The van der Waals surface area contributed by atoms with Crippen LogP contribution in [0.1, 0.15) is 25.0 Å². The highest BCUT2D eigenvalue weighted by atomic mass is 16.6. The number of hydrogen-bond acceptors (Lipinski definition) is 4. The van der Waals surface area contributed by atoms with Gasteiger partial charge < -0.3 is 14.8 Å². The molecule has 3 rings (SSSR count). The summed E-state index contributed by atoms with van der Waals surface area (Å²) in [7, 11) is 0. The van der Waals surface area contributed by atoms with E-state index < -0.39 is 0 Å². The zero-order valence-corrected chi connectivity index (χ0v) is 9.68. The molecule has 4 nitrogen and oxygen atoms in total. The normalized spacial score (nSPS) is 30.1. The van der Waals surface area contributed by atoms with Crippen molar-refractivity contribution in [2.75, 3.05) is 11.9 Å². The maximum atomic E-state index is 11.0. The van der Waals surface area contributed by atoms with E-state index in [9.17, 15) is 4.79 Å². The largest absolute Gasteiger partial charge is 0.458 e. The lowest BCUT2D eigenvalue weighted by Gasteiger charge is -2.41. The maximum Gasteiger partial charge on any atom is 0.303 e. The molecule has 0 aliphatic carbocycles. The molecule has 3 atom stereocenters. The molecule has 1 N–H and O–H groups in total. The highest BCUT2D eigenvalue weighted by Crippen LogP contribution is 2.39. The van der Waals surface area contributed by atoms with E-state index in [-0.39, 0.29) is 24.2 Å². The predicted molar refractivity (Wildman–Crippen MR) is 62.7 cm³/mol.